The van der Waals surface area contributed by atoms with Crippen LogP contribution in [0.25, 0.3) is 11.0 Å². The van der Waals surface area contributed by atoms with Crippen LogP contribution < -0.4 is 5.32 Å². The van der Waals surface area contributed by atoms with Crippen LogP contribution >= 0.6 is 0 Å². The van der Waals surface area contributed by atoms with E-state index in [0.29, 0.717) is 5.92 Å². The van der Waals surface area contributed by atoms with E-state index in [9.17, 15) is 0 Å². The lowest BCUT2D eigenvalue weighted by Crippen LogP contribution is -2.06. The first-order valence-electron chi connectivity index (χ1n) is 5.78. The Balaban J connectivity index is 2.44. The van der Waals surface area contributed by atoms with Crippen molar-refractivity contribution in [3.05, 3.63) is 18.1 Å². The minimum atomic E-state index is 0.571. The van der Waals surface area contributed by atoms with Crippen molar-refractivity contribution in [3.63, 3.8) is 0 Å². The van der Waals surface area contributed by atoms with Gasteiger partial charge in [0.25, 0.3) is 0 Å². The van der Waals surface area contributed by atoms with Crippen LogP contribution in [0.3, 0.4) is 0 Å². The van der Waals surface area contributed by atoms with E-state index in [2.05, 4.69) is 41.0 Å². The number of nitrogens with one attached hydrogen (secondary N) is 2. The molecule has 0 aliphatic carbocycles. The fourth-order valence-corrected chi connectivity index (χ4v) is 1.75. The molecule has 0 saturated heterocycles. The normalized spacial score (nSPS) is 11.2. The number of hydrogen-bond donors (Lipinski definition) is 2. The second-order valence-electron chi connectivity index (χ2n) is 4.36. The number of aromatic nitrogens is 3. The molecule has 0 fully saturated rings. The molecule has 0 saturated carbocycles. The average molecular weight is 218 g/mol. The van der Waals surface area contributed by atoms with E-state index in [1.807, 2.05) is 12.3 Å². The van der Waals surface area contributed by atoms with Crippen molar-refractivity contribution in [1.29, 1.82) is 0 Å². The molecule has 0 unspecified atom stereocenters. The molecule has 0 amide bonds. The van der Waals surface area contributed by atoms with E-state index < -0.39 is 0 Å². The third-order valence-electron chi connectivity index (χ3n) is 2.40. The lowest BCUT2D eigenvalue weighted by atomic mass is 10.1. The monoisotopic (exact) mass is 218 g/mol. The highest BCUT2D eigenvalue weighted by Gasteiger charge is 2.08. The maximum Gasteiger partial charge on any atom is 0.143 e. The van der Waals surface area contributed by atoms with Crippen molar-refractivity contribution < 1.29 is 0 Å². The quantitative estimate of drug-likeness (QED) is 0.829. The number of H-pyrrole nitrogens is 1. The van der Waals surface area contributed by atoms with Crippen molar-refractivity contribution in [2.75, 3.05) is 11.9 Å². The fourth-order valence-electron chi connectivity index (χ4n) is 1.75. The number of aromatic amines is 1. The number of hydrogen-bond acceptors (Lipinski definition) is 3. The predicted octanol–water partition coefficient (Wildman–Crippen LogP) is 2.59. The van der Waals surface area contributed by atoms with Crippen LogP contribution in [0.15, 0.2) is 12.3 Å². The van der Waals surface area contributed by atoms with Gasteiger partial charge in [0.05, 0.1) is 5.39 Å². The summed E-state index contributed by atoms with van der Waals surface area (Å²) >= 11 is 0. The molecule has 16 heavy (non-hydrogen) atoms. The van der Waals surface area contributed by atoms with Gasteiger partial charge in [-0.05, 0) is 18.9 Å². The standard InChI is InChI=1S/C12H18N4/c1-4-13-11-9-5-6-14-12(9)16-10(15-11)7-8(2)3/h5-6,8H,4,7H2,1-3H3,(H2,13,14,15,16). The summed E-state index contributed by atoms with van der Waals surface area (Å²) in [5, 5.41) is 4.34. The van der Waals surface area contributed by atoms with Crippen LogP contribution in [0.5, 0.6) is 0 Å². The van der Waals surface area contributed by atoms with Gasteiger partial charge in [-0.1, -0.05) is 13.8 Å². The van der Waals surface area contributed by atoms with Crippen LogP contribution in [-0.4, -0.2) is 21.5 Å². The van der Waals surface area contributed by atoms with Crippen molar-refractivity contribution in [2.45, 2.75) is 27.2 Å². The Bertz CT molecular complexity index is 473. The molecule has 0 radical (unpaired) electrons. The Morgan fingerprint density at radius 3 is 2.88 bits per heavy atom. The molecule has 0 aliphatic rings. The summed E-state index contributed by atoms with van der Waals surface area (Å²) < 4.78 is 0. The lowest BCUT2D eigenvalue weighted by Gasteiger charge is -2.08. The molecule has 4 heteroatoms. The lowest BCUT2D eigenvalue weighted by molar-refractivity contribution is 0.623. The largest absolute Gasteiger partial charge is 0.370 e. The Morgan fingerprint density at radius 2 is 2.19 bits per heavy atom. The molecule has 2 rings (SSSR count). The van der Waals surface area contributed by atoms with E-state index in [0.717, 1.165) is 35.6 Å². The fraction of sp³-hybridized carbons (Fsp3) is 0.500. The average Bonchev–Trinajstić information content (AvgIpc) is 2.65. The topological polar surface area (TPSA) is 53.6 Å². The highest BCUT2D eigenvalue weighted by molar-refractivity contribution is 5.86. The van der Waals surface area contributed by atoms with Gasteiger partial charge >= 0.3 is 0 Å². The maximum absolute atomic E-state index is 4.56. The van der Waals surface area contributed by atoms with E-state index in [1.54, 1.807) is 0 Å². The molecule has 4 nitrogen and oxygen atoms in total. The molecule has 0 atom stereocenters. The van der Waals surface area contributed by atoms with Crippen molar-refractivity contribution in [1.82, 2.24) is 15.0 Å². The summed E-state index contributed by atoms with van der Waals surface area (Å²) in [4.78, 5) is 12.2. The second-order valence-corrected chi connectivity index (χ2v) is 4.36. The molecule has 2 N–H and O–H groups in total. The first-order valence-corrected chi connectivity index (χ1v) is 5.78. The van der Waals surface area contributed by atoms with Gasteiger partial charge in [0, 0.05) is 19.2 Å². The first kappa shape index (κ1) is 10.9. The molecule has 0 spiro atoms. The van der Waals surface area contributed by atoms with Gasteiger partial charge in [0.15, 0.2) is 0 Å². The van der Waals surface area contributed by atoms with Gasteiger partial charge in [0.1, 0.15) is 17.3 Å². The minimum absolute atomic E-state index is 0.571. The summed E-state index contributed by atoms with van der Waals surface area (Å²) in [6.45, 7) is 7.30. The summed E-state index contributed by atoms with van der Waals surface area (Å²) in [6, 6.07) is 2.01. The van der Waals surface area contributed by atoms with Gasteiger partial charge in [-0.2, -0.15) is 0 Å². The Kier molecular flexibility index (Phi) is 3.08. The Morgan fingerprint density at radius 1 is 1.38 bits per heavy atom. The first-order chi connectivity index (χ1) is 7.70. The van der Waals surface area contributed by atoms with Crippen LogP contribution in [0, 0.1) is 5.92 Å². The molecule has 2 aromatic rings. The van der Waals surface area contributed by atoms with Crippen LogP contribution in [0.4, 0.5) is 5.82 Å². The van der Waals surface area contributed by atoms with E-state index in [4.69, 9.17) is 0 Å². The zero-order valence-electron chi connectivity index (χ0n) is 10.0. The van der Waals surface area contributed by atoms with E-state index in [-0.39, 0.29) is 0 Å². The van der Waals surface area contributed by atoms with Crippen LogP contribution in [-0.2, 0) is 6.42 Å². The van der Waals surface area contributed by atoms with E-state index >= 15 is 0 Å². The maximum atomic E-state index is 4.56. The highest BCUT2D eigenvalue weighted by Crippen LogP contribution is 2.19. The molecule has 0 aliphatic heterocycles. The molecular formula is C12H18N4. The smallest absolute Gasteiger partial charge is 0.143 e. The zero-order chi connectivity index (χ0) is 11.5. The molecule has 0 aromatic carbocycles. The van der Waals surface area contributed by atoms with Gasteiger partial charge in [-0.15, -0.1) is 0 Å². The van der Waals surface area contributed by atoms with Crippen molar-refractivity contribution in [2.24, 2.45) is 5.92 Å². The van der Waals surface area contributed by atoms with Crippen molar-refractivity contribution >= 4 is 16.9 Å². The number of rotatable bonds is 4. The van der Waals surface area contributed by atoms with Gasteiger partial charge < -0.3 is 10.3 Å². The minimum Gasteiger partial charge on any atom is -0.370 e. The summed E-state index contributed by atoms with van der Waals surface area (Å²) in [5.74, 6) is 2.41. The Labute approximate surface area is 95.5 Å². The second kappa shape index (κ2) is 4.51. The molecule has 2 heterocycles. The van der Waals surface area contributed by atoms with Gasteiger partial charge in [-0.3, -0.25) is 0 Å². The van der Waals surface area contributed by atoms with Crippen molar-refractivity contribution in [3.8, 4) is 0 Å². The number of anilines is 1. The van der Waals surface area contributed by atoms with E-state index in [1.165, 1.54) is 0 Å². The predicted molar refractivity (Wildman–Crippen MR) is 66.6 cm³/mol. The zero-order valence-corrected chi connectivity index (χ0v) is 10.0. The Hall–Kier alpha value is -1.58. The molecule has 2 aromatic heterocycles. The number of fused-ring (bicyclic) bond motifs is 1. The summed E-state index contributed by atoms with van der Waals surface area (Å²) in [7, 11) is 0. The third kappa shape index (κ3) is 2.15. The number of nitrogens with zero attached hydrogens (tertiary/aromatic N) is 2. The molecular weight excluding hydrogens is 200 g/mol. The van der Waals surface area contributed by atoms with Crippen LogP contribution in [0.2, 0.25) is 0 Å². The third-order valence-corrected chi connectivity index (χ3v) is 2.40. The highest BCUT2D eigenvalue weighted by atomic mass is 15.0. The summed E-state index contributed by atoms with van der Waals surface area (Å²) in [5.41, 5.74) is 0.918. The SMILES string of the molecule is CCNc1nc(CC(C)C)nc2[nH]ccc12. The van der Waals surface area contributed by atoms with Crippen LogP contribution in [0.1, 0.15) is 26.6 Å². The summed E-state index contributed by atoms with van der Waals surface area (Å²) in [6.07, 6.45) is 2.81. The van der Waals surface area contributed by atoms with Gasteiger partial charge in [0.2, 0.25) is 0 Å². The molecule has 0 bridgehead atoms. The van der Waals surface area contributed by atoms with Gasteiger partial charge in [-0.25, -0.2) is 9.97 Å². The molecule has 86 valence electrons.